The van der Waals surface area contributed by atoms with Crippen molar-refractivity contribution in [1.29, 1.82) is 0 Å². The molecule has 0 radical (unpaired) electrons. The Balaban J connectivity index is 0.887. The maximum Gasteiger partial charge on any atom is 0.135 e. The van der Waals surface area contributed by atoms with Gasteiger partial charge in [0.1, 0.15) is 12.0 Å². The second kappa shape index (κ2) is 15.8. The quantitative estimate of drug-likeness (QED) is 0.133. The van der Waals surface area contributed by atoms with E-state index in [1.807, 2.05) is 18.3 Å². The number of nitrogens with zero attached hydrogens (tertiary/aromatic N) is 2. The summed E-state index contributed by atoms with van der Waals surface area (Å²) in [4.78, 5) is 7.33. The zero-order valence-electron chi connectivity index (χ0n) is 35.7. The minimum atomic E-state index is -0.536. The number of nitrogens with one attached hydrogen (secondary N) is 2. The Morgan fingerprint density at radius 3 is 1.78 bits per heavy atom. The molecule has 3 aliphatic rings. The Morgan fingerprint density at radius 2 is 1.08 bits per heavy atom. The van der Waals surface area contributed by atoms with Gasteiger partial charge in [-0.05, 0) is 104 Å². The lowest BCUT2D eigenvalue weighted by atomic mass is 9.65. The molecule has 1 unspecified atom stereocenters. The van der Waals surface area contributed by atoms with Gasteiger partial charge in [0.05, 0.1) is 16.8 Å². The van der Waals surface area contributed by atoms with Crippen molar-refractivity contribution in [2.24, 2.45) is 5.73 Å². The van der Waals surface area contributed by atoms with Gasteiger partial charge in [-0.2, -0.15) is 0 Å². The molecule has 0 fully saturated rings. The smallest absolute Gasteiger partial charge is 0.135 e. The number of rotatable bonds is 8. The van der Waals surface area contributed by atoms with E-state index < -0.39 is 11.6 Å². The third-order valence-electron chi connectivity index (χ3n) is 13.3. The molecule has 0 amide bonds. The number of anilines is 4. The first-order chi connectivity index (χ1) is 32.1. The lowest BCUT2D eigenvalue weighted by Gasteiger charge is -2.46. The number of hydrogen-bond donors (Lipinski definition) is 3. The second-order valence-corrected chi connectivity index (χ2v) is 17.0. The number of hydrogen-bond acceptors (Lipinski definition) is 5. The first kappa shape index (κ1) is 38.4. The fourth-order valence-electron chi connectivity index (χ4n) is 10.3. The van der Waals surface area contributed by atoms with Crippen molar-refractivity contribution in [2.45, 2.75) is 11.6 Å². The molecule has 65 heavy (non-hydrogen) atoms. The predicted molar refractivity (Wildman–Crippen MR) is 268 cm³/mol. The maximum absolute atomic E-state index is 6.89. The van der Waals surface area contributed by atoms with Crippen LogP contribution in [-0.4, -0.2) is 11.5 Å². The highest BCUT2D eigenvalue weighted by Crippen LogP contribution is 2.62. The van der Waals surface area contributed by atoms with Gasteiger partial charge in [0.15, 0.2) is 0 Å². The SMILES string of the molecule is NC(Nc1ncc(-c2ccccc2)cc1-c1ccccc1)c1ccc(-c2cccc(-c3ccc4c(c3)C3(C5=C4C=CCN5)c4ccccc4N(c4ccccc4)c4ccccc43)c2)cc1. The Labute approximate surface area is 379 Å². The number of allylic oxidation sites excluding steroid dienone is 3. The molecule has 5 heteroatoms. The summed E-state index contributed by atoms with van der Waals surface area (Å²) >= 11 is 0. The largest absolute Gasteiger partial charge is 0.383 e. The molecule has 12 rings (SSSR count). The van der Waals surface area contributed by atoms with Crippen LogP contribution in [0.5, 0.6) is 0 Å². The van der Waals surface area contributed by atoms with Gasteiger partial charge in [-0.3, -0.25) is 0 Å². The molecule has 0 saturated heterocycles. The monoisotopic (exact) mass is 835 g/mol. The zero-order valence-corrected chi connectivity index (χ0v) is 35.7. The van der Waals surface area contributed by atoms with Gasteiger partial charge in [0, 0.05) is 40.8 Å². The molecule has 0 bridgehead atoms. The number of benzene rings is 8. The third-order valence-corrected chi connectivity index (χ3v) is 13.3. The van der Waals surface area contributed by atoms with Crippen LogP contribution >= 0.6 is 0 Å². The van der Waals surface area contributed by atoms with Crippen molar-refractivity contribution in [3.8, 4) is 44.5 Å². The van der Waals surface area contributed by atoms with E-state index in [1.54, 1.807) is 0 Å². The molecule has 4 N–H and O–H groups in total. The van der Waals surface area contributed by atoms with Gasteiger partial charge < -0.3 is 21.3 Å². The molecule has 1 aliphatic carbocycles. The van der Waals surface area contributed by atoms with E-state index in [0.717, 1.165) is 62.6 Å². The van der Waals surface area contributed by atoms with Crippen LogP contribution in [0.3, 0.4) is 0 Å². The van der Waals surface area contributed by atoms with Gasteiger partial charge >= 0.3 is 0 Å². The van der Waals surface area contributed by atoms with Crippen molar-refractivity contribution in [3.05, 3.63) is 264 Å². The number of para-hydroxylation sites is 3. The van der Waals surface area contributed by atoms with Crippen LogP contribution < -0.4 is 21.3 Å². The van der Waals surface area contributed by atoms with E-state index in [4.69, 9.17) is 10.7 Å². The Hall–Kier alpha value is -8.25. The highest BCUT2D eigenvalue weighted by molar-refractivity contribution is 5.98. The lowest BCUT2D eigenvalue weighted by molar-refractivity contribution is 0.659. The predicted octanol–water partition coefficient (Wildman–Crippen LogP) is 13.8. The number of pyridine rings is 1. The average molecular weight is 836 g/mol. The molecular weight excluding hydrogens is 791 g/mol. The van der Waals surface area contributed by atoms with E-state index in [-0.39, 0.29) is 0 Å². The number of fused-ring (bicyclic) bond motifs is 8. The third kappa shape index (κ3) is 6.39. The molecule has 310 valence electrons. The average Bonchev–Trinajstić information content (AvgIpc) is 3.67. The summed E-state index contributed by atoms with van der Waals surface area (Å²) in [5, 5.41) is 7.45. The van der Waals surface area contributed by atoms with Gasteiger partial charge in [-0.1, -0.05) is 182 Å². The number of dihydropyridines is 1. The van der Waals surface area contributed by atoms with Crippen LogP contribution in [0.25, 0.3) is 50.1 Å². The van der Waals surface area contributed by atoms with E-state index in [9.17, 15) is 0 Å². The summed E-state index contributed by atoms with van der Waals surface area (Å²) in [7, 11) is 0. The fraction of sp³-hybridized carbons (Fsp3) is 0.0500. The molecule has 8 aromatic carbocycles. The lowest BCUT2D eigenvalue weighted by Crippen LogP contribution is -2.41. The van der Waals surface area contributed by atoms with Crippen LogP contribution in [-0.2, 0) is 5.41 Å². The van der Waals surface area contributed by atoms with Crippen molar-refractivity contribution >= 4 is 28.5 Å². The van der Waals surface area contributed by atoms with E-state index in [1.165, 1.54) is 50.5 Å². The molecule has 1 spiro atoms. The minimum Gasteiger partial charge on any atom is -0.383 e. The van der Waals surface area contributed by atoms with E-state index in [2.05, 4.69) is 228 Å². The topological polar surface area (TPSA) is 66.2 Å². The van der Waals surface area contributed by atoms with Gasteiger partial charge in [-0.25, -0.2) is 4.98 Å². The van der Waals surface area contributed by atoms with Gasteiger partial charge in [0.25, 0.3) is 0 Å². The normalized spacial score (nSPS) is 14.5. The van der Waals surface area contributed by atoms with Crippen molar-refractivity contribution in [3.63, 3.8) is 0 Å². The van der Waals surface area contributed by atoms with Crippen molar-refractivity contribution in [2.75, 3.05) is 16.8 Å². The summed E-state index contributed by atoms with van der Waals surface area (Å²) in [6, 6.07) is 76.1. The van der Waals surface area contributed by atoms with Gasteiger partial charge in [-0.15, -0.1) is 0 Å². The Morgan fingerprint density at radius 1 is 0.508 bits per heavy atom. The van der Waals surface area contributed by atoms with Crippen LogP contribution in [0.1, 0.15) is 34.0 Å². The van der Waals surface area contributed by atoms with Crippen LogP contribution in [0.15, 0.2) is 236 Å². The van der Waals surface area contributed by atoms with Crippen LogP contribution in [0.2, 0.25) is 0 Å². The standard InChI is InChI=1S/C60H45N5/c61-58(64-59-51(42-18-6-2-7-19-42)37-47(39-63-59)40-16-4-1-5-17-40)43-31-29-41(30-32-43)44-20-14-21-45(36-44)46-33-34-49-50-24-15-35-62-57(50)60(54(49)38-46)52-25-10-12-27-55(52)65(48-22-8-3-9-23-48)56-28-13-11-26-53(56)60/h1-34,36-39,58,62H,35,61H2,(H,63,64). The molecule has 3 heterocycles. The minimum absolute atomic E-state index is 0.467. The molecular formula is C60H45N5. The van der Waals surface area contributed by atoms with Gasteiger partial charge in [0.2, 0.25) is 0 Å². The highest BCUT2D eigenvalue weighted by Gasteiger charge is 2.53. The van der Waals surface area contributed by atoms with Crippen molar-refractivity contribution < 1.29 is 0 Å². The molecule has 5 nitrogen and oxygen atoms in total. The van der Waals surface area contributed by atoms with Crippen LogP contribution in [0, 0.1) is 0 Å². The van der Waals surface area contributed by atoms with E-state index >= 15 is 0 Å². The molecule has 2 aliphatic heterocycles. The zero-order chi connectivity index (χ0) is 43.3. The first-order valence-corrected chi connectivity index (χ1v) is 22.3. The summed E-state index contributed by atoms with van der Waals surface area (Å²) in [5.41, 5.74) is 27.3. The maximum atomic E-state index is 6.89. The second-order valence-electron chi connectivity index (χ2n) is 17.0. The summed E-state index contributed by atoms with van der Waals surface area (Å²) in [6.45, 7) is 0.781. The first-order valence-electron chi connectivity index (χ1n) is 22.3. The molecule has 0 saturated carbocycles. The van der Waals surface area contributed by atoms with Crippen molar-refractivity contribution in [1.82, 2.24) is 10.3 Å². The number of nitrogens with two attached hydrogens (primary N) is 1. The molecule has 9 aromatic rings. The fourth-order valence-corrected chi connectivity index (χ4v) is 10.3. The molecule has 1 aromatic heterocycles. The summed E-state index contributed by atoms with van der Waals surface area (Å²) in [5.74, 6) is 0.743. The Bertz CT molecular complexity index is 3250. The summed E-state index contributed by atoms with van der Waals surface area (Å²) in [6.07, 6.45) is 6.01. The summed E-state index contributed by atoms with van der Waals surface area (Å²) < 4.78 is 0. The highest BCUT2D eigenvalue weighted by atomic mass is 15.2. The number of aromatic nitrogens is 1. The molecule has 1 atom stereocenters. The Kier molecular flexibility index (Phi) is 9.36. The van der Waals surface area contributed by atoms with Crippen LogP contribution in [0.4, 0.5) is 22.9 Å². The van der Waals surface area contributed by atoms with E-state index in [0.29, 0.717) is 0 Å².